The van der Waals surface area contributed by atoms with E-state index in [2.05, 4.69) is 52.1 Å². The van der Waals surface area contributed by atoms with Crippen LogP contribution in [0.15, 0.2) is 11.6 Å². The van der Waals surface area contributed by atoms with Gasteiger partial charge in [0.2, 0.25) is 0 Å². The molecule has 0 saturated heterocycles. The van der Waals surface area contributed by atoms with Crippen LogP contribution in [0.4, 0.5) is 5.69 Å². The van der Waals surface area contributed by atoms with E-state index in [1.54, 1.807) is 0 Å². The zero-order chi connectivity index (χ0) is 10.9. The number of hydrogen-bond acceptors (Lipinski definition) is 1. The number of benzene rings is 1. The van der Waals surface area contributed by atoms with Crippen LogP contribution in [0, 0.1) is 34.6 Å². The molecule has 0 unspecified atom stereocenters. The quantitative estimate of drug-likeness (QED) is 0.594. The Morgan fingerprint density at radius 3 is 1.50 bits per heavy atom. The van der Waals surface area contributed by atoms with Crippen molar-refractivity contribution in [2.75, 3.05) is 0 Å². The Kier molecular flexibility index (Phi) is 2.93. The molecule has 0 N–H and O–H groups in total. The van der Waals surface area contributed by atoms with E-state index in [9.17, 15) is 0 Å². The third-order valence-corrected chi connectivity index (χ3v) is 3.15. The van der Waals surface area contributed by atoms with Gasteiger partial charge < -0.3 is 0 Å². The lowest BCUT2D eigenvalue weighted by atomic mass is 9.93. The molecule has 0 heterocycles. The van der Waals surface area contributed by atoms with Crippen LogP contribution in [-0.2, 0) is 0 Å². The van der Waals surface area contributed by atoms with Crippen LogP contribution in [-0.4, -0.2) is 5.87 Å². The molecule has 0 spiro atoms. The highest BCUT2D eigenvalue weighted by molar-refractivity contribution is 5.66. The summed E-state index contributed by atoms with van der Waals surface area (Å²) in [6, 6.07) is 0. The van der Waals surface area contributed by atoms with E-state index in [1.807, 2.05) is 0 Å². The lowest BCUT2D eigenvalue weighted by molar-refractivity contribution is 1.17. The maximum Gasteiger partial charge on any atom is 0.0793 e. The Morgan fingerprint density at radius 1 is 0.786 bits per heavy atom. The fourth-order valence-electron chi connectivity index (χ4n) is 1.73. The minimum atomic E-state index is 1.03. The molecule has 0 aliphatic rings. The molecule has 1 aromatic rings. The fraction of sp³-hybridized carbons (Fsp3) is 0.385. The lowest BCUT2D eigenvalue weighted by Gasteiger charge is -2.14. The fourth-order valence-corrected chi connectivity index (χ4v) is 1.73. The normalized spacial score (nSPS) is 9.79. The summed E-state index contributed by atoms with van der Waals surface area (Å²) >= 11 is 0. The topological polar surface area (TPSA) is 12.4 Å². The average Bonchev–Trinajstić information content (AvgIpc) is 2.19. The van der Waals surface area contributed by atoms with Crippen LogP contribution in [0.2, 0.25) is 0 Å². The number of hydrogen-bond donors (Lipinski definition) is 0. The highest BCUT2D eigenvalue weighted by Gasteiger charge is 2.10. The predicted octanol–water partition coefficient (Wildman–Crippen LogP) is 3.72. The highest BCUT2D eigenvalue weighted by atomic mass is 14.7. The second-order valence-electron chi connectivity index (χ2n) is 3.74. The summed E-state index contributed by atoms with van der Waals surface area (Å²) in [7, 11) is 0. The number of nitrogens with zero attached hydrogens (tertiary/aromatic N) is 1. The van der Waals surface area contributed by atoms with Crippen molar-refractivity contribution in [1.29, 1.82) is 0 Å². The molecule has 0 fully saturated rings. The first kappa shape index (κ1) is 10.7. The molecule has 0 aliphatic heterocycles. The van der Waals surface area contributed by atoms with E-state index >= 15 is 0 Å². The summed E-state index contributed by atoms with van der Waals surface area (Å²) in [6.45, 7) is 14.2. The summed E-state index contributed by atoms with van der Waals surface area (Å²) in [5.41, 5.74) is 7.51. The average molecular weight is 187 g/mol. The summed E-state index contributed by atoms with van der Waals surface area (Å²) in [5, 5.41) is 0. The van der Waals surface area contributed by atoms with E-state index in [-0.39, 0.29) is 0 Å². The van der Waals surface area contributed by atoms with Crippen LogP contribution in [0.25, 0.3) is 0 Å². The SMILES string of the molecule is C=C=Nc1c(C)c(C)c(C)c(C)c1C. The summed E-state index contributed by atoms with van der Waals surface area (Å²) in [6.07, 6.45) is 0. The molecule has 0 radical (unpaired) electrons. The maximum absolute atomic E-state index is 4.21. The Bertz CT molecular complexity index is 392. The molecule has 1 heteroatoms. The van der Waals surface area contributed by atoms with Gasteiger partial charge in [0, 0.05) is 0 Å². The smallest absolute Gasteiger partial charge is 0.0793 e. The van der Waals surface area contributed by atoms with Crippen molar-refractivity contribution in [1.82, 2.24) is 0 Å². The molecule has 0 aromatic heterocycles. The van der Waals surface area contributed by atoms with Crippen LogP contribution < -0.4 is 0 Å². The van der Waals surface area contributed by atoms with Crippen molar-refractivity contribution < 1.29 is 0 Å². The molecule has 1 rings (SSSR count). The molecule has 1 nitrogen and oxygen atoms in total. The van der Waals surface area contributed by atoms with Gasteiger partial charge in [0.1, 0.15) is 0 Å². The van der Waals surface area contributed by atoms with Crippen molar-refractivity contribution >= 4 is 11.6 Å². The third kappa shape index (κ3) is 1.51. The Balaban J connectivity index is 3.67. The maximum atomic E-state index is 4.21. The van der Waals surface area contributed by atoms with E-state index in [0.717, 1.165) is 5.69 Å². The molecule has 0 saturated carbocycles. The van der Waals surface area contributed by atoms with Crippen molar-refractivity contribution in [3.8, 4) is 0 Å². The van der Waals surface area contributed by atoms with E-state index in [1.165, 1.54) is 27.8 Å². The largest absolute Gasteiger partial charge is 0.206 e. The van der Waals surface area contributed by atoms with Gasteiger partial charge >= 0.3 is 0 Å². The lowest BCUT2D eigenvalue weighted by Crippen LogP contribution is -1.95. The van der Waals surface area contributed by atoms with Gasteiger partial charge in [0.05, 0.1) is 5.69 Å². The van der Waals surface area contributed by atoms with Gasteiger partial charge in [-0.15, -0.1) is 0 Å². The summed E-state index contributed by atoms with van der Waals surface area (Å²) in [4.78, 5) is 4.21. The monoisotopic (exact) mass is 187 g/mol. The van der Waals surface area contributed by atoms with Crippen molar-refractivity contribution in [3.63, 3.8) is 0 Å². The first-order chi connectivity index (χ1) is 6.50. The van der Waals surface area contributed by atoms with Gasteiger partial charge in [-0.1, -0.05) is 0 Å². The minimum absolute atomic E-state index is 1.03. The molecule has 0 bridgehead atoms. The molecule has 0 aliphatic carbocycles. The van der Waals surface area contributed by atoms with Crippen molar-refractivity contribution in [3.05, 3.63) is 34.4 Å². The predicted molar refractivity (Wildman–Crippen MR) is 62.8 cm³/mol. The Labute approximate surface area is 86.2 Å². The standard InChI is InChI=1S/C13H17N/c1-7-14-13-11(5)9(3)8(2)10(4)12(13)6/h1H2,2-6H3. The summed E-state index contributed by atoms with van der Waals surface area (Å²) in [5.74, 6) is 2.61. The molecule has 74 valence electrons. The molecule has 0 atom stereocenters. The molecular formula is C13H17N. The minimum Gasteiger partial charge on any atom is -0.206 e. The third-order valence-electron chi connectivity index (χ3n) is 3.15. The first-order valence-corrected chi connectivity index (χ1v) is 4.80. The first-order valence-electron chi connectivity index (χ1n) is 4.80. The molecule has 0 amide bonds. The molecular weight excluding hydrogens is 170 g/mol. The van der Waals surface area contributed by atoms with E-state index < -0.39 is 0 Å². The van der Waals surface area contributed by atoms with Crippen LogP contribution in [0.3, 0.4) is 0 Å². The van der Waals surface area contributed by atoms with Crippen molar-refractivity contribution in [2.45, 2.75) is 34.6 Å². The number of rotatable bonds is 1. The van der Waals surface area contributed by atoms with Gasteiger partial charge in [0.25, 0.3) is 0 Å². The van der Waals surface area contributed by atoms with Crippen LogP contribution in [0.1, 0.15) is 27.8 Å². The number of aliphatic imine (C=N–C) groups is 1. The van der Waals surface area contributed by atoms with Crippen molar-refractivity contribution in [2.24, 2.45) is 4.99 Å². The van der Waals surface area contributed by atoms with E-state index in [0.29, 0.717) is 0 Å². The van der Waals surface area contributed by atoms with Gasteiger partial charge in [-0.05, 0) is 74.9 Å². The zero-order valence-corrected chi connectivity index (χ0v) is 9.65. The second kappa shape index (κ2) is 3.81. The Hall–Kier alpha value is -1.33. The van der Waals surface area contributed by atoms with Gasteiger partial charge in [-0.3, -0.25) is 0 Å². The Morgan fingerprint density at radius 2 is 1.14 bits per heavy atom. The molecule has 1 aromatic carbocycles. The highest BCUT2D eigenvalue weighted by Crippen LogP contribution is 2.31. The van der Waals surface area contributed by atoms with Crippen LogP contribution in [0.5, 0.6) is 0 Å². The second-order valence-corrected chi connectivity index (χ2v) is 3.74. The van der Waals surface area contributed by atoms with Crippen LogP contribution >= 0.6 is 0 Å². The molecule has 14 heavy (non-hydrogen) atoms. The van der Waals surface area contributed by atoms with Gasteiger partial charge in [-0.2, -0.15) is 0 Å². The zero-order valence-electron chi connectivity index (χ0n) is 9.65. The van der Waals surface area contributed by atoms with E-state index in [4.69, 9.17) is 0 Å². The van der Waals surface area contributed by atoms with Gasteiger partial charge in [-0.25, -0.2) is 4.99 Å². The summed E-state index contributed by atoms with van der Waals surface area (Å²) < 4.78 is 0. The van der Waals surface area contributed by atoms with Gasteiger partial charge in [0.15, 0.2) is 0 Å².